The summed E-state index contributed by atoms with van der Waals surface area (Å²) >= 11 is 3.39. The Bertz CT molecular complexity index is 412. The monoisotopic (exact) mass is 335 g/mol. The first-order valence-electron chi connectivity index (χ1n) is 6.14. The molecule has 1 saturated heterocycles. The van der Waals surface area contributed by atoms with Gasteiger partial charge in [0.05, 0.1) is 13.2 Å². The van der Waals surface area contributed by atoms with E-state index in [1.807, 2.05) is 6.07 Å². The highest BCUT2D eigenvalue weighted by Gasteiger charge is 2.14. The second-order valence-corrected chi connectivity index (χ2v) is 5.26. The summed E-state index contributed by atoms with van der Waals surface area (Å²) in [6, 6.07) is 5.43. The summed E-state index contributed by atoms with van der Waals surface area (Å²) in [7, 11) is 0. The fourth-order valence-electron chi connectivity index (χ4n) is 1.97. The van der Waals surface area contributed by atoms with Gasteiger partial charge < -0.3 is 9.47 Å². The smallest absolute Gasteiger partial charge is 0.272 e. The third kappa shape index (κ3) is 4.71. The minimum absolute atomic E-state index is 0.523. The van der Waals surface area contributed by atoms with Crippen molar-refractivity contribution in [3.05, 3.63) is 28.2 Å². The third-order valence-corrected chi connectivity index (χ3v) is 3.38. The van der Waals surface area contributed by atoms with Crippen LogP contribution in [0.2, 0.25) is 0 Å². The first-order chi connectivity index (χ1) is 9.15. The second kappa shape index (κ2) is 7.17. The maximum absolute atomic E-state index is 12.2. The van der Waals surface area contributed by atoms with Gasteiger partial charge >= 0.3 is 0 Å². The molecule has 0 aromatic heterocycles. The molecule has 19 heavy (non-hydrogen) atoms. The largest absolute Gasteiger partial charge is 0.487 e. The average Bonchev–Trinajstić information content (AvgIpc) is 2.39. The number of rotatable bonds is 5. The fourth-order valence-corrected chi connectivity index (χ4v) is 2.37. The van der Waals surface area contributed by atoms with E-state index in [2.05, 4.69) is 20.8 Å². The van der Waals surface area contributed by atoms with Crippen LogP contribution in [-0.2, 0) is 11.3 Å². The maximum atomic E-state index is 12.2. The van der Waals surface area contributed by atoms with Crippen LogP contribution >= 0.6 is 15.9 Å². The molecule has 0 saturated carbocycles. The summed E-state index contributed by atoms with van der Waals surface area (Å²) in [5.41, 5.74) is 0.914. The SMILES string of the molecule is FC(F)COc1ccc(Br)cc1CN1CCOCC1. The molecule has 1 heterocycles. The van der Waals surface area contributed by atoms with Crippen LogP contribution in [0.15, 0.2) is 22.7 Å². The van der Waals surface area contributed by atoms with Crippen LogP contribution in [0.5, 0.6) is 5.75 Å². The molecule has 0 atom stereocenters. The number of hydrogen-bond acceptors (Lipinski definition) is 3. The lowest BCUT2D eigenvalue weighted by atomic mass is 10.2. The number of alkyl halides is 2. The van der Waals surface area contributed by atoms with Crippen LogP contribution < -0.4 is 4.74 Å². The molecule has 2 rings (SSSR count). The number of ether oxygens (including phenoxy) is 2. The Balaban J connectivity index is 2.05. The molecule has 0 bridgehead atoms. The topological polar surface area (TPSA) is 21.7 Å². The van der Waals surface area contributed by atoms with E-state index in [-0.39, 0.29) is 0 Å². The van der Waals surface area contributed by atoms with E-state index >= 15 is 0 Å². The summed E-state index contributed by atoms with van der Waals surface area (Å²) in [6.45, 7) is 3.23. The van der Waals surface area contributed by atoms with E-state index < -0.39 is 13.0 Å². The Kier molecular flexibility index (Phi) is 5.54. The summed E-state index contributed by atoms with van der Waals surface area (Å²) < 4.78 is 35.8. The van der Waals surface area contributed by atoms with Crippen molar-refractivity contribution < 1.29 is 18.3 Å². The van der Waals surface area contributed by atoms with Crippen molar-refractivity contribution in [3.63, 3.8) is 0 Å². The second-order valence-electron chi connectivity index (χ2n) is 4.34. The minimum Gasteiger partial charge on any atom is -0.487 e. The number of hydrogen-bond donors (Lipinski definition) is 0. The predicted octanol–water partition coefficient (Wildman–Crippen LogP) is 2.93. The van der Waals surface area contributed by atoms with Gasteiger partial charge in [-0.1, -0.05) is 15.9 Å². The van der Waals surface area contributed by atoms with Crippen LogP contribution in [0.25, 0.3) is 0 Å². The van der Waals surface area contributed by atoms with E-state index in [1.54, 1.807) is 12.1 Å². The van der Waals surface area contributed by atoms with Gasteiger partial charge in [0.1, 0.15) is 12.4 Å². The predicted molar refractivity (Wildman–Crippen MR) is 71.7 cm³/mol. The minimum atomic E-state index is -2.46. The lowest BCUT2D eigenvalue weighted by Crippen LogP contribution is -2.35. The van der Waals surface area contributed by atoms with Gasteiger partial charge in [0, 0.05) is 29.7 Å². The molecular formula is C13H16BrF2NO2. The van der Waals surface area contributed by atoms with Crippen LogP contribution in [0, 0.1) is 0 Å². The quantitative estimate of drug-likeness (QED) is 0.825. The van der Waals surface area contributed by atoms with Crippen molar-refractivity contribution in [1.82, 2.24) is 4.90 Å². The van der Waals surface area contributed by atoms with E-state index in [0.717, 1.165) is 23.1 Å². The van der Waals surface area contributed by atoms with Crippen LogP contribution in [-0.4, -0.2) is 44.2 Å². The molecule has 0 unspecified atom stereocenters. The Morgan fingerprint density at radius 2 is 2.05 bits per heavy atom. The van der Waals surface area contributed by atoms with E-state index in [4.69, 9.17) is 9.47 Å². The normalized spacial score (nSPS) is 16.8. The molecule has 1 fully saturated rings. The molecular weight excluding hydrogens is 320 g/mol. The fraction of sp³-hybridized carbons (Fsp3) is 0.538. The van der Waals surface area contributed by atoms with Crippen molar-refractivity contribution in [3.8, 4) is 5.75 Å². The van der Waals surface area contributed by atoms with Crippen molar-refractivity contribution in [2.24, 2.45) is 0 Å². The molecule has 1 aromatic rings. The van der Waals surface area contributed by atoms with Gasteiger partial charge in [0.25, 0.3) is 6.43 Å². The zero-order valence-corrected chi connectivity index (χ0v) is 12.0. The van der Waals surface area contributed by atoms with Gasteiger partial charge in [0.2, 0.25) is 0 Å². The van der Waals surface area contributed by atoms with Gasteiger partial charge in [-0.3, -0.25) is 4.90 Å². The van der Waals surface area contributed by atoms with Gasteiger partial charge in [-0.15, -0.1) is 0 Å². The van der Waals surface area contributed by atoms with E-state index in [1.165, 1.54) is 0 Å². The molecule has 1 aliphatic heterocycles. The summed E-state index contributed by atoms with van der Waals surface area (Å²) in [5.74, 6) is 0.523. The summed E-state index contributed by atoms with van der Waals surface area (Å²) in [5, 5.41) is 0. The van der Waals surface area contributed by atoms with Crippen molar-refractivity contribution in [1.29, 1.82) is 0 Å². The van der Waals surface area contributed by atoms with Crippen LogP contribution in [0.4, 0.5) is 8.78 Å². The highest BCUT2D eigenvalue weighted by molar-refractivity contribution is 9.10. The van der Waals surface area contributed by atoms with Gasteiger partial charge in [0.15, 0.2) is 0 Å². The number of benzene rings is 1. The highest BCUT2D eigenvalue weighted by atomic mass is 79.9. The van der Waals surface area contributed by atoms with Crippen molar-refractivity contribution in [2.45, 2.75) is 13.0 Å². The molecule has 3 nitrogen and oxygen atoms in total. The first-order valence-corrected chi connectivity index (χ1v) is 6.94. The van der Waals surface area contributed by atoms with Gasteiger partial charge in [-0.2, -0.15) is 0 Å². The molecule has 0 N–H and O–H groups in total. The van der Waals surface area contributed by atoms with Gasteiger partial charge in [-0.25, -0.2) is 8.78 Å². The molecule has 0 radical (unpaired) electrons. The number of nitrogens with zero attached hydrogens (tertiary/aromatic N) is 1. The lowest BCUT2D eigenvalue weighted by Gasteiger charge is -2.27. The molecule has 0 aliphatic carbocycles. The Hall–Kier alpha value is -0.720. The zero-order chi connectivity index (χ0) is 13.7. The summed E-state index contributed by atoms with van der Waals surface area (Å²) in [6.07, 6.45) is -2.46. The van der Waals surface area contributed by atoms with Crippen LogP contribution in [0.1, 0.15) is 5.56 Å². The molecule has 0 amide bonds. The van der Waals surface area contributed by atoms with Gasteiger partial charge in [-0.05, 0) is 18.2 Å². The molecule has 0 spiro atoms. The lowest BCUT2D eigenvalue weighted by molar-refractivity contribution is 0.0333. The Morgan fingerprint density at radius 1 is 1.32 bits per heavy atom. The Morgan fingerprint density at radius 3 is 2.74 bits per heavy atom. The molecule has 6 heteroatoms. The first kappa shape index (κ1) is 14.7. The summed E-state index contributed by atoms with van der Waals surface area (Å²) in [4.78, 5) is 2.22. The standard InChI is InChI=1S/C13H16BrF2NO2/c14-11-1-2-12(19-9-13(15)16)10(7-11)8-17-3-5-18-6-4-17/h1-2,7,13H,3-6,8-9H2. The molecule has 1 aliphatic rings. The van der Waals surface area contributed by atoms with Crippen molar-refractivity contribution in [2.75, 3.05) is 32.9 Å². The third-order valence-electron chi connectivity index (χ3n) is 2.89. The average molecular weight is 336 g/mol. The van der Waals surface area contributed by atoms with E-state index in [9.17, 15) is 8.78 Å². The van der Waals surface area contributed by atoms with Crippen molar-refractivity contribution >= 4 is 15.9 Å². The zero-order valence-electron chi connectivity index (χ0n) is 10.4. The Labute approximate surface area is 119 Å². The number of morpholine rings is 1. The molecule has 106 valence electrons. The molecule has 1 aromatic carbocycles. The maximum Gasteiger partial charge on any atom is 0.272 e. The van der Waals surface area contributed by atoms with E-state index in [0.29, 0.717) is 25.5 Å². The highest BCUT2D eigenvalue weighted by Crippen LogP contribution is 2.25. The number of halogens is 3. The van der Waals surface area contributed by atoms with Crippen LogP contribution in [0.3, 0.4) is 0 Å².